The van der Waals surface area contributed by atoms with Crippen molar-refractivity contribution in [3.8, 4) is 0 Å². The summed E-state index contributed by atoms with van der Waals surface area (Å²) >= 11 is 9.63. The molecule has 0 bridgehead atoms. The lowest BCUT2D eigenvalue weighted by Crippen LogP contribution is -2.02. The van der Waals surface area contributed by atoms with Gasteiger partial charge in [-0.3, -0.25) is 0 Å². The zero-order chi connectivity index (χ0) is 13.8. The van der Waals surface area contributed by atoms with Crippen LogP contribution < -0.4 is 10.6 Å². The first-order chi connectivity index (χ1) is 9.10. The molecule has 1 aromatic heterocycles. The minimum Gasteiger partial charge on any atom is -0.370 e. The van der Waals surface area contributed by atoms with Crippen molar-refractivity contribution in [1.29, 1.82) is 0 Å². The summed E-state index contributed by atoms with van der Waals surface area (Å²) in [6, 6.07) is 5.69. The summed E-state index contributed by atoms with van der Waals surface area (Å²) in [5.41, 5.74) is 1.90. The molecule has 0 saturated heterocycles. The summed E-state index contributed by atoms with van der Waals surface area (Å²) in [5, 5.41) is 7.07. The maximum atomic E-state index is 6.13. The number of hydrogen-bond donors (Lipinski definition) is 2. The third-order valence-corrected chi connectivity index (χ3v) is 3.60. The topological polar surface area (TPSA) is 49.8 Å². The second-order valence-corrected chi connectivity index (χ2v) is 5.29. The van der Waals surface area contributed by atoms with Gasteiger partial charge in [0.05, 0.1) is 5.69 Å². The number of aromatic nitrogens is 2. The second kappa shape index (κ2) is 6.21. The van der Waals surface area contributed by atoms with Crippen molar-refractivity contribution in [3.05, 3.63) is 39.6 Å². The molecule has 0 saturated carbocycles. The molecule has 0 aliphatic heterocycles. The van der Waals surface area contributed by atoms with Gasteiger partial charge in [-0.1, -0.05) is 11.6 Å². The maximum Gasteiger partial charge on any atom is 0.135 e. The highest BCUT2D eigenvalue weighted by atomic mass is 79.9. The third-order valence-electron chi connectivity index (χ3n) is 2.54. The zero-order valence-corrected chi connectivity index (χ0v) is 13.0. The van der Waals surface area contributed by atoms with Crippen LogP contribution in [0, 0.1) is 6.92 Å². The minimum absolute atomic E-state index is 0.714. The van der Waals surface area contributed by atoms with Crippen molar-refractivity contribution >= 4 is 44.9 Å². The highest BCUT2D eigenvalue weighted by Gasteiger charge is 2.06. The minimum atomic E-state index is 0.714. The Hall–Kier alpha value is -1.33. The van der Waals surface area contributed by atoms with Crippen LogP contribution in [0.2, 0.25) is 5.02 Å². The summed E-state index contributed by atoms with van der Waals surface area (Å²) in [6.07, 6.45) is 1.52. The number of aryl methyl sites for hydroxylation is 1. The molecule has 2 N–H and O–H groups in total. The first-order valence-electron chi connectivity index (χ1n) is 5.88. The summed E-state index contributed by atoms with van der Waals surface area (Å²) in [7, 11) is 0. The Bertz CT molecular complexity index is 589. The fourth-order valence-electron chi connectivity index (χ4n) is 1.58. The molecule has 4 nitrogen and oxygen atoms in total. The predicted octanol–water partition coefficient (Wildman–Crippen LogP) is 4.38. The third kappa shape index (κ3) is 3.58. The number of nitrogens with one attached hydrogen (secondary N) is 2. The molecule has 0 atom stereocenters. The van der Waals surface area contributed by atoms with E-state index in [1.54, 1.807) is 0 Å². The van der Waals surface area contributed by atoms with E-state index in [1.165, 1.54) is 6.33 Å². The number of anilines is 3. The van der Waals surface area contributed by atoms with Crippen LogP contribution in [0.3, 0.4) is 0 Å². The molecule has 0 fully saturated rings. The van der Waals surface area contributed by atoms with Crippen molar-refractivity contribution in [2.24, 2.45) is 0 Å². The summed E-state index contributed by atoms with van der Waals surface area (Å²) in [5.74, 6) is 1.50. The molecule has 0 radical (unpaired) electrons. The molecule has 0 aliphatic carbocycles. The van der Waals surface area contributed by atoms with Crippen LogP contribution in [0.15, 0.2) is 29.0 Å². The van der Waals surface area contributed by atoms with E-state index in [1.807, 2.05) is 32.0 Å². The molecule has 2 rings (SSSR count). The predicted molar refractivity (Wildman–Crippen MR) is 83.4 cm³/mol. The van der Waals surface area contributed by atoms with Crippen LogP contribution in [0.25, 0.3) is 0 Å². The van der Waals surface area contributed by atoms with Gasteiger partial charge >= 0.3 is 0 Å². The molecule has 1 aromatic carbocycles. The lowest BCUT2D eigenvalue weighted by molar-refractivity contribution is 1.11. The monoisotopic (exact) mass is 340 g/mol. The van der Waals surface area contributed by atoms with Gasteiger partial charge in [-0.05, 0) is 47.5 Å². The molecule has 0 unspecified atom stereocenters. The fourth-order valence-corrected chi connectivity index (χ4v) is 2.30. The van der Waals surface area contributed by atoms with Gasteiger partial charge < -0.3 is 10.6 Å². The number of halogens is 2. The van der Waals surface area contributed by atoms with Gasteiger partial charge in [-0.2, -0.15) is 0 Å². The van der Waals surface area contributed by atoms with E-state index >= 15 is 0 Å². The van der Waals surface area contributed by atoms with E-state index in [9.17, 15) is 0 Å². The van der Waals surface area contributed by atoms with Gasteiger partial charge in [-0.25, -0.2) is 9.97 Å². The van der Waals surface area contributed by atoms with E-state index in [4.69, 9.17) is 11.6 Å². The van der Waals surface area contributed by atoms with E-state index in [2.05, 4.69) is 36.5 Å². The van der Waals surface area contributed by atoms with Crippen LogP contribution in [0.1, 0.15) is 12.5 Å². The average Bonchev–Trinajstić information content (AvgIpc) is 2.37. The number of benzene rings is 1. The lowest BCUT2D eigenvalue weighted by Gasteiger charge is -2.10. The molecule has 100 valence electrons. The summed E-state index contributed by atoms with van der Waals surface area (Å²) < 4.78 is 0.943. The molecular formula is C13H14BrClN4. The van der Waals surface area contributed by atoms with Gasteiger partial charge in [0.1, 0.15) is 18.0 Å². The Kier molecular flexibility index (Phi) is 4.61. The molecular weight excluding hydrogens is 328 g/mol. The van der Waals surface area contributed by atoms with Crippen LogP contribution in [-0.4, -0.2) is 16.5 Å². The maximum absolute atomic E-state index is 6.13. The van der Waals surface area contributed by atoms with Gasteiger partial charge in [-0.15, -0.1) is 0 Å². The first kappa shape index (κ1) is 14.1. The van der Waals surface area contributed by atoms with Crippen LogP contribution in [0.4, 0.5) is 17.3 Å². The van der Waals surface area contributed by atoms with Crippen molar-refractivity contribution in [2.75, 3.05) is 17.2 Å². The van der Waals surface area contributed by atoms with Gasteiger partial charge in [0, 0.05) is 22.1 Å². The van der Waals surface area contributed by atoms with Crippen molar-refractivity contribution in [3.63, 3.8) is 0 Å². The van der Waals surface area contributed by atoms with Crippen molar-refractivity contribution < 1.29 is 0 Å². The van der Waals surface area contributed by atoms with E-state index in [-0.39, 0.29) is 0 Å². The Morgan fingerprint density at radius 3 is 2.68 bits per heavy atom. The number of hydrogen-bond acceptors (Lipinski definition) is 4. The van der Waals surface area contributed by atoms with Gasteiger partial charge in [0.2, 0.25) is 0 Å². The Labute approximate surface area is 125 Å². The Morgan fingerprint density at radius 2 is 1.95 bits per heavy atom. The molecule has 0 amide bonds. The van der Waals surface area contributed by atoms with Crippen LogP contribution >= 0.6 is 27.5 Å². The molecule has 19 heavy (non-hydrogen) atoms. The number of rotatable bonds is 4. The first-order valence-corrected chi connectivity index (χ1v) is 7.06. The number of nitrogens with zero attached hydrogens (tertiary/aromatic N) is 2. The Morgan fingerprint density at radius 1 is 1.21 bits per heavy atom. The average molecular weight is 342 g/mol. The van der Waals surface area contributed by atoms with E-state index < -0.39 is 0 Å². The smallest absolute Gasteiger partial charge is 0.135 e. The van der Waals surface area contributed by atoms with Gasteiger partial charge in [0.15, 0.2) is 0 Å². The molecule has 0 spiro atoms. The van der Waals surface area contributed by atoms with Crippen molar-refractivity contribution in [1.82, 2.24) is 9.97 Å². The van der Waals surface area contributed by atoms with E-state index in [0.29, 0.717) is 10.8 Å². The molecule has 1 heterocycles. The lowest BCUT2D eigenvalue weighted by atomic mass is 10.2. The molecule has 0 aliphatic rings. The molecule has 6 heteroatoms. The van der Waals surface area contributed by atoms with Crippen molar-refractivity contribution in [2.45, 2.75) is 13.8 Å². The highest BCUT2D eigenvalue weighted by molar-refractivity contribution is 9.10. The summed E-state index contributed by atoms with van der Waals surface area (Å²) in [4.78, 5) is 8.31. The van der Waals surface area contributed by atoms with Crippen LogP contribution in [-0.2, 0) is 0 Å². The quantitative estimate of drug-likeness (QED) is 0.866. The standard InChI is InChI=1S/C13H14BrClN4/c1-3-16-12-6-13(18-7-17-12)19-11-5-10(15)8(2)4-9(11)14/h4-7H,3H2,1-2H3,(H2,16,17,18,19). The van der Waals surface area contributed by atoms with E-state index in [0.717, 1.165) is 28.1 Å². The van der Waals surface area contributed by atoms with Crippen LogP contribution in [0.5, 0.6) is 0 Å². The normalized spacial score (nSPS) is 10.3. The largest absolute Gasteiger partial charge is 0.370 e. The fraction of sp³-hybridized carbons (Fsp3) is 0.231. The highest BCUT2D eigenvalue weighted by Crippen LogP contribution is 2.31. The zero-order valence-electron chi connectivity index (χ0n) is 10.7. The van der Waals surface area contributed by atoms with Gasteiger partial charge in [0.25, 0.3) is 0 Å². The Balaban J connectivity index is 2.25. The second-order valence-electron chi connectivity index (χ2n) is 4.03. The molecule has 2 aromatic rings. The summed E-state index contributed by atoms with van der Waals surface area (Å²) in [6.45, 7) is 4.80. The SMILES string of the molecule is CCNc1cc(Nc2cc(Cl)c(C)cc2Br)ncn1.